The van der Waals surface area contributed by atoms with Crippen LogP contribution in [0.25, 0.3) is 0 Å². The highest BCUT2D eigenvalue weighted by Crippen LogP contribution is 2.36. The van der Waals surface area contributed by atoms with Gasteiger partial charge in [-0.05, 0) is 101 Å². The van der Waals surface area contributed by atoms with Gasteiger partial charge in [0.25, 0.3) is 11.8 Å². The Morgan fingerprint density at radius 1 is 0.780 bits per heavy atom. The molecular formula is C36H46BBrF2N6O4. The first-order chi connectivity index (χ1) is 23.3. The number of carbonyl (C=O) groups is 2. The monoisotopic (exact) mass is 754 g/mol. The summed E-state index contributed by atoms with van der Waals surface area (Å²) in [6, 6.07) is 9.54. The molecule has 5 rings (SSSR count). The smallest absolute Gasteiger partial charge is 0.399 e. The Labute approximate surface area is 302 Å². The molecule has 0 spiro atoms. The predicted octanol–water partition coefficient (Wildman–Crippen LogP) is 6.28. The Kier molecular flexibility index (Phi) is 12.1. The highest BCUT2D eigenvalue weighted by atomic mass is 79.9. The number of amides is 2. The maximum atomic E-state index is 14.6. The Bertz CT molecular complexity index is 1810. The van der Waals surface area contributed by atoms with E-state index in [4.69, 9.17) is 9.31 Å². The topological polar surface area (TPSA) is 94.7 Å². The minimum absolute atomic E-state index is 0.0170. The molecule has 4 aromatic rings. The zero-order valence-electron chi connectivity index (χ0n) is 30.4. The second-order valence-corrected chi connectivity index (χ2v) is 14.9. The van der Waals surface area contributed by atoms with Gasteiger partial charge in [-0.1, -0.05) is 18.2 Å². The molecule has 0 bridgehead atoms. The molecule has 2 aromatic heterocycles. The van der Waals surface area contributed by atoms with Gasteiger partial charge in [0, 0.05) is 57.1 Å². The van der Waals surface area contributed by atoms with Gasteiger partial charge < -0.3 is 28.2 Å². The second-order valence-electron chi connectivity index (χ2n) is 14.1. The van der Waals surface area contributed by atoms with Gasteiger partial charge in [0.05, 0.1) is 28.3 Å². The van der Waals surface area contributed by atoms with E-state index in [2.05, 4.69) is 25.9 Å². The number of carbonyl (C=O) groups excluding carboxylic acids is 2. The van der Waals surface area contributed by atoms with Crippen LogP contribution in [0, 0.1) is 11.6 Å². The van der Waals surface area contributed by atoms with Gasteiger partial charge in [0.1, 0.15) is 23.0 Å². The lowest BCUT2D eigenvalue weighted by molar-refractivity contribution is 0.00578. The van der Waals surface area contributed by atoms with Crippen molar-refractivity contribution in [2.24, 2.45) is 14.1 Å². The Morgan fingerprint density at radius 3 is 1.58 bits per heavy atom. The number of nitrogens with zero attached hydrogens (tertiary/aromatic N) is 6. The summed E-state index contributed by atoms with van der Waals surface area (Å²) in [5.41, 5.74) is 1.69. The summed E-state index contributed by atoms with van der Waals surface area (Å²) >= 11 is 3.16. The molecule has 1 aliphatic heterocycles. The van der Waals surface area contributed by atoms with Gasteiger partial charge in [0.2, 0.25) is 0 Å². The van der Waals surface area contributed by atoms with E-state index < -0.39 is 18.3 Å². The Hall–Kier alpha value is -3.88. The molecule has 1 saturated heterocycles. The van der Waals surface area contributed by atoms with Crippen LogP contribution in [0.3, 0.4) is 0 Å². The lowest BCUT2D eigenvalue weighted by atomic mass is 9.78. The summed E-state index contributed by atoms with van der Waals surface area (Å²) < 4.78 is 43.7. The van der Waals surface area contributed by atoms with E-state index in [1.807, 2.05) is 69.5 Å². The van der Waals surface area contributed by atoms with E-state index >= 15 is 0 Å². The summed E-state index contributed by atoms with van der Waals surface area (Å²) in [4.78, 5) is 37.1. The molecule has 0 aliphatic carbocycles. The number of hydrogen-bond donors (Lipinski definition) is 0. The zero-order chi connectivity index (χ0) is 37.1. The van der Waals surface area contributed by atoms with Crippen molar-refractivity contribution in [3.05, 3.63) is 100 Å². The van der Waals surface area contributed by atoms with Crippen LogP contribution in [0.1, 0.15) is 87.5 Å². The summed E-state index contributed by atoms with van der Waals surface area (Å²) in [6.07, 6.45) is 6.58. The molecule has 0 saturated carbocycles. The van der Waals surface area contributed by atoms with Crippen LogP contribution in [0.5, 0.6) is 0 Å². The lowest BCUT2D eigenvalue weighted by Gasteiger charge is -2.32. The van der Waals surface area contributed by atoms with Gasteiger partial charge in [0.15, 0.2) is 0 Å². The molecule has 0 radical (unpaired) electrons. The standard InChI is InChI=1S/C21H29BFN3O3.C15H17BrFN3O/c1-14(2)26(19(27)18-12-25(7)13-24-18)11-15-8-9-17(23)16(10-15)22-28-20(3,4)21(5,6)29-22;1-10(2)20(15(21)14-8-19(3)9-18-14)7-11-4-5-13(17)12(16)6-11/h8-10,12-14H,11H2,1-7H3;4-6,8-10H,7H2,1-3H3. The molecule has 1 fully saturated rings. The minimum Gasteiger partial charge on any atom is -0.399 e. The highest BCUT2D eigenvalue weighted by Gasteiger charge is 2.52. The lowest BCUT2D eigenvalue weighted by Crippen LogP contribution is -2.41. The summed E-state index contributed by atoms with van der Waals surface area (Å²) in [5, 5.41) is 0. The Morgan fingerprint density at radius 2 is 1.20 bits per heavy atom. The summed E-state index contributed by atoms with van der Waals surface area (Å²) in [5.74, 6) is -1.00. The first-order valence-corrected chi connectivity index (χ1v) is 17.2. The fourth-order valence-corrected chi connectivity index (χ4v) is 5.62. The van der Waals surface area contributed by atoms with Crippen LogP contribution in [-0.2, 0) is 36.5 Å². The molecular weight excluding hydrogens is 709 g/mol. The van der Waals surface area contributed by atoms with Gasteiger partial charge in [-0.3, -0.25) is 9.59 Å². The average Bonchev–Trinajstić information content (AvgIpc) is 3.73. The maximum Gasteiger partial charge on any atom is 0.497 e. The fourth-order valence-electron chi connectivity index (χ4n) is 5.19. The third-order valence-corrected chi connectivity index (χ3v) is 9.48. The molecule has 0 unspecified atom stereocenters. The number of aromatic nitrogens is 4. The van der Waals surface area contributed by atoms with Gasteiger partial charge >= 0.3 is 7.12 Å². The number of imidazole rings is 2. The fraction of sp³-hybridized carbons (Fsp3) is 0.444. The van der Waals surface area contributed by atoms with Crippen LogP contribution in [-0.4, -0.2) is 71.1 Å². The summed E-state index contributed by atoms with van der Waals surface area (Å²) in [6.45, 7) is 16.2. The molecule has 50 heavy (non-hydrogen) atoms. The minimum atomic E-state index is -0.793. The van der Waals surface area contributed by atoms with Gasteiger partial charge in [-0.2, -0.15) is 0 Å². The van der Waals surface area contributed by atoms with Crippen molar-refractivity contribution >= 4 is 40.3 Å². The van der Waals surface area contributed by atoms with Crippen LogP contribution in [0.15, 0.2) is 65.9 Å². The molecule has 0 atom stereocenters. The quantitative estimate of drug-likeness (QED) is 0.187. The highest BCUT2D eigenvalue weighted by molar-refractivity contribution is 9.10. The van der Waals surface area contributed by atoms with Crippen molar-refractivity contribution < 1.29 is 27.7 Å². The third-order valence-electron chi connectivity index (χ3n) is 8.87. The maximum absolute atomic E-state index is 14.6. The van der Waals surface area contributed by atoms with Crippen molar-refractivity contribution in [3.63, 3.8) is 0 Å². The SMILES string of the molecule is CC(C)N(Cc1ccc(F)c(B2OC(C)(C)C(C)(C)O2)c1)C(=O)c1cn(C)cn1.CC(C)N(Cc1ccc(F)c(Br)c1)C(=O)c1cn(C)cn1. The molecule has 3 heterocycles. The van der Waals surface area contributed by atoms with E-state index in [1.165, 1.54) is 12.1 Å². The largest absolute Gasteiger partial charge is 0.497 e. The van der Waals surface area contributed by atoms with Crippen molar-refractivity contribution in [2.45, 2.75) is 91.8 Å². The number of halogens is 3. The molecule has 14 heteroatoms. The van der Waals surface area contributed by atoms with E-state index in [0.29, 0.717) is 34.4 Å². The third kappa shape index (κ3) is 9.07. The molecule has 10 nitrogen and oxygen atoms in total. The van der Waals surface area contributed by atoms with Crippen LogP contribution >= 0.6 is 15.9 Å². The van der Waals surface area contributed by atoms with Crippen molar-refractivity contribution in [2.75, 3.05) is 0 Å². The van der Waals surface area contributed by atoms with Crippen LogP contribution in [0.2, 0.25) is 0 Å². The molecule has 2 aromatic carbocycles. The molecule has 1 aliphatic rings. The van der Waals surface area contributed by atoms with Crippen LogP contribution < -0.4 is 5.46 Å². The number of rotatable bonds is 9. The van der Waals surface area contributed by atoms with E-state index in [1.54, 1.807) is 68.2 Å². The number of aryl methyl sites for hydroxylation is 2. The number of hydrogen-bond acceptors (Lipinski definition) is 6. The van der Waals surface area contributed by atoms with E-state index in [9.17, 15) is 18.4 Å². The van der Waals surface area contributed by atoms with E-state index in [-0.39, 0.29) is 35.5 Å². The van der Waals surface area contributed by atoms with Crippen molar-refractivity contribution in [1.29, 1.82) is 0 Å². The first kappa shape index (κ1) is 38.9. The van der Waals surface area contributed by atoms with Crippen molar-refractivity contribution in [1.82, 2.24) is 28.9 Å². The van der Waals surface area contributed by atoms with Crippen molar-refractivity contribution in [3.8, 4) is 0 Å². The van der Waals surface area contributed by atoms with Gasteiger partial charge in [-0.25, -0.2) is 18.7 Å². The molecule has 2 amide bonds. The predicted molar refractivity (Wildman–Crippen MR) is 193 cm³/mol. The van der Waals surface area contributed by atoms with Crippen LogP contribution in [0.4, 0.5) is 8.78 Å². The normalized spacial score (nSPS) is 14.9. The average molecular weight is 756 g/mol. The van der Waals surface area contributed by atoms with E-state index in [0.717, 1.165) is 11.1 Å². The second kappa shape index (κ2) is 15.6. The molecule has 268 valence electrons. The zero-order valence-corrected chi connectivity index (χ0v) is 32.0. The number of benzene rings is 2. The molecule has 0 N–H and O–H groups in total. The summed E-state index contributed by atoms with van der Waals surface area (Å²) in [7, 11) is 2.85. The van der Waals surface area contributed by atoms with Gasteiger partial charge in [-0.15, -0.1) is 0 Å². The Balaban J connectivity index is 0.000000237. The first-order valence-electron chi connectivity index (χ1n) is 16.5.